The molecule has 0 heterocycles. The number of rotatable bonds is 4. The lowest BCUT2D eigenvalue weighted by molar-refractivity contribution is -0.137. The molecule has 0 aliphatic heterocycles. The highest BCUT2D eigenvalue weighted by Crippen LogP contribution is 2.32. The van der Waals surface area contributed by atoms with Gasteiger partial charge in [0, 0.05) is 0 Å². The van der Waals surface area contributed by atoms with Gasteiger partial charge in [0.05, 0.1) is 11.7 Å². The minimum atomic E-state index is -4.35. The summed E-state index contributed by atoms with van der Waals surface area (Å²) in [6.45, 7) is 5.10. The number of benzene rings is 1. The summed E-state index contributed by atoms with van der Waals surface area (Å²) >= 11 is 0. The first kappa shape index (κ1) is 15.0. The fourth-order valence-electron chi connectivity index (χ4n) is 1.73. The van der Waals surface area contributed by atoms with Gasteiger partial charge in [0.25, 0.3) is 0 Å². The zero-order valence-corrected chi connectivity index (χ0v) is 10.8. The largest absolute Gasteiger partial charge is 0.416 e. The van der Waals surface area contributed by atoms with Crippen LogP contribution in [0.3, 0.4) is 0 Å². The smallest absolute Gasteiger partial charge is 0.248 e. The topological polar surface area (TPSA) is 0 Å². The Bertz CT molecular complexity index is 391. The van der Waals surface area contributed by atoms with Crippen molar-refractivity contribution in [2.45, 2.75) is 51.9 Å². The van der Waals surface area contributed by atoms with Crippen LogP contribution in [0.1, 0.15) is 49.8 Å². The molecule has 0 N–H and O–H groups in total. The lowest BCUT2D eigenvalue weighted by atomic mass is 9.95. The quantitative estimate of drug-likeness (QED) is 0.661. The van der Waals surface area contributed by atoms with E-state index in [1.54, 1.807) is 6.07 Å². The molecular weight excluding hydrogens is 244 g/mol. The van der Waals surface area contributed by atoms with E-state index in [0.717, 1.165) is 6.07 Å². The number of hydrogen-bond acceptors (Lipinski definition) is 0. The van der Waals surface area contributed by atoms with Gasteiger partial charge in [0.2, 0.25) is 0 Å². The molecule has 18 heavy (non-hydrogen) atoms. The van der Waals surface area contributed by atoms with Crippen molar-refractivity contribution in [3.8, 4) is 0 Å². The monoisotopic (exact) mass is 262 g/mol. The lowest BCUT2D eigenvalue weighted by Gasteiger charge is -2.14. The van der Waals surface area contributed by atoms with E-state index in [1.165, 1.54) is 13.0 Å². The van der Waals surface area contributed by atoms with Gasteiger partial charge in [0.1, 0.15) is 0 Å². The van der Waals surface area contributed by atoms with Crippen molar-refractivity contribution in [1.29, 1.82) is 0 Å². The summed E-state index contributed by atoms with van der Waals surface area (Å²) in [6.07, 6.45) is -4.76. The van der Waals surface area contributed by atoms with Gasteiger partial charge in [-0.05, 0) is 48.9 Å². The SMILES string of the molecule is CC(F)CCc1cc(C(C)C)cc(C(F)(F)F)c1. The van der Waals surface area contributed by atoms with Gasteiger partial charge in [0.15, 0.2) is 0 Å². The van der Waals surface area contributed by atoms with Gasteiger partial charge >= 0.3 is 6.18 Å². The Morgan fingerprint density at radius 2 is 1.67 bits per heavy atom. The lowest BCUT2D eigenvalue weighted by Crippen LogP contribution is -2.08. The van der Waals surface area contributed by atoms with Gasteiger partial charge in [-0.25, -0.2) is 4.39 Å². The van der Waals surface area contributed by atoms with E-state index in [0.29, 0.717) is 17.5 Å². The Labute approximate surface area is 105 Å². The molecule has 102 valence electrons. The second kappa shape index (κ2) is 5.72. The average molecular weight is 262 g/mol. The minimum absolute atomic E-state index is 0.0221. The van der Waals surface area contributed by atoms with Crippen molar-refractivity contribution in [3.05, 3.63) is 34.9 Å². The number of hydrogen-bond donors (Lipinski definition) is 0. The van der Waals surface area contributed by atoms with Crippen LogP contribution in [0.15, 0.2) is 18.2 Å². The third-order valence-corrected chi connectivity index (χ3v) is 2.84. The van der Waals surface area contributed by atoms with Crippen LogP contribution >= 0.6 is 0 Å². The van der Waals surface area contributed by atoms with E-state index in [-0.39, 0.29) is 12.3 Å². The summed E-state index contributed by atoms with van der Waals surface area (Å²) in [4.78, 5) is 0. The van der Waals surface area contributed by atoms with Crippen molar-refractivity contribution < 1.29 is 17.6 Å². The molecule has 1 rings (SSSR count). The molecule has 4 heteroatoms. The van der Waals surface area contributed by atoms with Crippen molar-refractivity contribution >= 4 is 0 Å². The maximum Gasteiger partial charge on any atom is 0.416 e. The third kappa shape index (κ3) is 4.31. The average Bonchev–Trinajstić information content (AvgIpc) is 2.24. The van der Waals surface area contributed by atoms with Gasteiger partial charge in [-0.15, -0.1) is 0 Å². The van der Waals surface area contributed by atoms with E-state index in [9.17, 15) is 17.6 Å². The Kier molecular flexibility index (Phi) is 4.77. The van der Waals surface area contributed by atoms with E-state index in [4.69, 9.17) is 0 Å². The highest BCUT2D eigenvalue weighted by atomic mass is 19.4. The van der Waals surface area contributed by atoms with Crippen LogP contribution in [0.2, 0.25) is 0 Å². The molecule has 1 unspecified atom stereocenters. The van der Waals surface area contributed by atoms with E-state index >= 15 is 0 Å². The van der Waals surface area contributed by atoms with Crippen LogP contribution < -0.4 is 0 Å². The second-order valence-corrected chi connectivity index (χ2v) is 4.94. The zero-order chi connectivity index (χ0) is 13.9. The van der Waals surface area contributed by atoms with Gasteiger partial charge in [-0.2, -0.15) is 13.2 Å². The van der Waals surface area contributed by atoms with Crippen molar-refractivity contribution in [1.82, 2.24) is 0 Å². The maximum atomic E-state index is 12.8. The Hall–Kier alpha value is -1.06. The van der Waals surface area contributed by atoms with E-state index in [2.05, 4.69) is 0 Å². The fourth-order valence-corrected chi connectivity index (χ4v) is 1.73. The maximum absolute atomic E-state index is 12.8. The van der Waals surface area contributed by atoms with Crippen LogP contribution in [0, 0.1) is 0 Å². The van der Waals surface area contributed by atoms with E-state index < -0.39 is 17.9 Å². The first-order chi connectivity index (χ1) is 8.20. The second-order valence-electron chi connectivity index (χ2n) is 4.94. The standard InChI is InChI=1S/C14H18F4/c1-9(2)12-6-11(5-4-10(3)15)7-13(8-12)14(16,17)18/h6-10H,4-5H2,1-3H3. The van der Waals surface area contributed by atoms with Crippen LogP contribution in [-0.2, 0) is 12.6 Å². The summed E-state index contributed by atoms with van der Waals surface area (Å²) in [5, 5.41) is 0. The van der Waals surface area contributed by atoms with Gasteiger partial charge < -0.3 is 0 Å². The molecule has 0 amide bonds. The van der Waals surface area contributed by atoms with Crippen molar-refractivity contribution in [2.24, 2.45) is 0 Å². The number of aryl methyl sites for hydroxylation is 1. The predicted octanol–water partition coefficient (Wildman–Crippen LogP) is 5.12. The molecule has 0 nitrogen and oxygen atoms in total. The molecule has 0 aromatic heterocycles. The molecule has 0 radical (unpaired) electrons. The van der Waals surface area contributed by atoms with Gasteiger partial charge in [-0.1, -0.05) is 19.9 Å². The van der Waals surface area contributed by atoms with Crippen LogP contribution in [-0.4, -0.2) is 6.17 Å². The molecule has 0 saturated carbocycles. The Balaban J connectivity index is 3.06. The third-order valence-electron chi connectivity index (χ3n) is 2.84. The van der Waals surface area contributed by atoms with Crippen LogP contribution in [0.4, 0.5) is 17.6 Å². The zero-order valence-electron chi connectivity index (χ0n) is 10.8. The summed E-state index contributed by atoms with van der Waals surface area (Å²) in [5.41, 5.74) is 0.555. The van der Waals surface area contributed by atoms with Gasteiger partial charge in [-0.3, -0.25) is 0 Å². The highest BCUT2D eigenvalue weighted by molar-refractivity contribution is 5.33. The normalized spacial score (nSPS) is 14.0. The molecule has 1 aromatic rings. The van der Waals surface area contributed by atoms with E-state index in [1.807, 2.05) is 13.8 Å². The summed E-state index contributed by atoms with van der Waals surface area (Å²) in [5.74, 6) is 0.0221. The molecule has 1 atom stereocenters. The Morgan fingerprint density at radius 1 is 1.06 bits per heavy atom. The van der Waals surface area contributed by atoms with Crippen molar-refractivity contribution in [2.75, 3.05) is 0 Å². The minimum Gasteiger partial charge on any atom is -0.248 e. The summed E-state index contributed by atoms with van der Waals surface area (Å²) < 4.78 is 51.0. The number of halogens is 4. The molecule has 0 bridgehead atoms. The summed E-state index contributed by atoms with van der Waals surface area (Å²) in [7, 11) is 0. The van der Waals surface area contributed by atoms with Crippen LogP contribution in [0.5, 0.6) is 0 Å². The molecular formula is C14H18F4. The first-order valence-electron chi connectivity index (χ1n) is 6.05. The van der Waals surface area contributed by atoms with Crippen LogP contribution in [0.25, 0.3) is 0 Å². The Morgan fingerprint density at radius 3 is 2.11 bits per heavy atom. The number of alkyl halides is 4. The molecule has 0 aliphatic carbocycles. The molecule has 0 saturated heterocycles. The fraction of sp³-hybridized carbons (Fsp3) is 0.571. The van der Waals surface area contributed by atoms with Crippen molar-refractivity contribution in [3.63, 3.8) is 0 Å². The molecule has 0 aliphatic rings. The highest BCUT2D eigenvalue weighted by Gasteiger charge is 2.31. The molecule has 0 fully saturated rings. The summed E-state index contributed by atoms with van der Waals surface area (Å²) in [6, 6.07) is 4.03. The first-order valence-corrected chi connectivity index (χ1v) is 6.05. The molecule has 1 aromatic carbocycles. The molecule has 0 spiro atoms. The predicted molar refractivity (Wildman–Crippen MR) is 64.4 cm³/mol.